The van der Waals surface area contributed by atoms with Gasteiger partial charge in [0.15, 0.2) is 0 Å². The van der Waals surface area contributed by atoms with Crippen LogP contribution in [0.25, 0.3) is 0 Å². The van der Waals surface area contributed by atoms with Gasteiger partial charge in [-0.05, 0) is 28.1 Å². The lowest BCUT2D eigenvalue weighted by Gasteiger charge is -2.14. The van der Waals surface area contributed by atoms with Gasteiger partial charge in [0.1, 0.15) is 6.04 Å². The molecule has 1 atom stereocenters. The van der Waals surface area contributed by atoms with Crippen molar-refractivity contribution in [1.29, 1.82) is 0 Å². The molecule has 0 saturated heterocycles. The molecule has 1 aromatic carbocycles. The van der Waals surface area contributed by atoms with E-state index in [4.69, 9.17) is 11.6 Å². The van der Waals surface area contributed by atoms with E-state index in [1.54, 1.807) is 12.1 Å². The molecule has 8 heteroatoms. The number of aromatic nitrogens is 2. The van der Waals surface area contributed by atoms with E-state index in [1.807, 2.05) is 0 Å². The number of benzene rings is 1. The number of carboxylic acid groups (broad SMARTS) is 1. The monoisotopic (exact) mass is 371 g/mol. The van der Waals surface area contributed by atoms with Gasteiger partial charge in [-0.25, -0.2) is 9.78 Å². The van der Waals surface area contributed by atoms with Crippen LogP contribution in [0.1, 0.15) is 16.1 Å². The molecule has 0 spiro atoms. The summed E-state index contributed by atoms with van der Waals surface area (Å²) in [7, 11) is 0. The third kappa shape index (κ3) is 3.83. The maximum Gasteiger partial charge on any atom is 0.326 e. The predicted octanol–water partition coefficient (Wildman–Crippen LogP) is 2.25. The van der Waals surface area contributed by atoms with Gasteiger partial charge in [-0.15, -0.1) is 0 Å². The summed E-state index contributed by atoms with van der Waals surface area (Å²) < 4.78 is 0.567. The first-order valence-electron chi connectivity index (χ1n) is 5.94. The second-order valence-electron chi connectivity index (χ2n) is 4.25. The summed E-state index contributed by atoms with van der Waals surface area (Å²) in [5.74, 6) is -1.68. The van der Waals surface area contributed by atoms with Gasteiger partial charge in [-0.3, -0.25) is 4.79 Å². The molecule has 21 heavy (non-hydrogen) atoms. The van der Waals surface area contributed by atoms with Gasteiger partial charge in [-0.1, -0.05) is 17.7 Å². The van der Waals surface area contributed by atoms with Crippen LogP contribution >= 0.6 is 27.5 Å². The Morgan fingerprint density at radius 2 is 2.24 bits per heavy atom. The fourth-order valence-electron chi connectivity index (χ4n) is 1.73. The summed E-state index contributed by atoms with van der Waals surface area (Å²) in [5, 5.41) is 11.9. The highest BCUT2D eigenvalue weighted by Crippen LogP contribution is 2.25. The van der Waals surface area contributed by atoms with Crippen molar-refractivity contribution < 1.29 is 14.7 Å². The van der Waals surface area contributed by atoms with Crippen LogP contribution in [-0.2, 0) is 11.2 Å². The van der Waals surface area contributed by atoms with E-state index in [0.717, 1.165) is 0 Å². The van der Waals surface area contributed by atoms with E-state index in [0.29, 0.717) is 10.2 Å². The Morgan fingerprint density at radius 3 is 2.86 bits per heavy atom. The number of rotatable bonds is 5. The van der Waals surface area contributed by atoms with Crippen molar-refractivity contribution in [2.75, 3.05) is 0 Å². The average Bonchev–Trinajstić information content (AvgIpc) is 2.93. The molecule has 0 aliphatic rings. The van der Waals surface area contributed by atoms with Crippen LogP contribution < -0.4 is 5.32 Å². The Morgan fingerprint density at radius 1 is 1.48 bits per heavy atom. The highest BCUT2D eigenvalue weighted by atomic mass is 79.9. The molecule has 1 aromatic heterocycles. The maximum atomic E-state index is 12.2. The molecule has 0 fully saturated rings. The molecule has 2 rings (SSSR count). The van der Waals surface area contributed by atoms with Crippen molar-refractivity contribution >= 4 is 39.4 Å². The molecule has 3 N–H and O–H groups in total. The fraction of sp³-hybridized carbons (Fsp3) is 0.154. The van der Waals surface area contributed by atoms with Crippen molar-refractivity contribution in [3.05, 3.63) is 51.5 Å². The number of nitrogens with one attached hydrogen (secondary N) is 2. The fourth-order valence-corrected chi connectivity index (χ4v) is 2.31. The van der Waals surface area contributed by atoms with Crippen molar-refractivity contribution in [3.63, 3.8) is 0 Å². The highest BCUT2D eigenvalue weighted by Gasteiger charge is 2.23. The van der Waals surface area contributed by atoms with E-state index in [2.05, 4.69) is 31.2 Å². The summed E-state index contributed by atoms with van der Waals surface area (Å²) in [6, 6.07) is 3.79. The van der Waals surface area contributed by atoms with Crippen LogP contribution in [-0.4, -0.2) is 33.0 Å². The first-order chi connectivity index (χ1) is 9.99. The van der Waals surface area contributed by atoms with Gasteiger partial charge in [0.05, 0.1) is 16.9 Å². The van der Waals surface area contributed by atoms with Gasteiger partial charge < -0.3 is 15.4 Å². The van der Waals surface area contributed by atoms with E-state index in [-0.39, 0.29) is 17.0 Å². The molecular formula is C13H11BrClN3O3. The largest absolute Gasteiger partial charge is 0.480 e. The number of imidazole rings is 1. The van der Waals surface area contributed by atoms with Crippen LogP contribution in [0.3, 0.4) is 0 Å². The molecule has 0 radical (unpaired) electrons. The van der Waals surface area contributed by atoms with E-state index < -0.39 is 17.9 Å². The Balaban J connectivity index is 2.15. The number of carboxylic acids is 1. The van der Waals surface area contributed by atoms with Crippen molar-refractivity contribution in [1.82, 2.24) is 15.3 Å². The number of nitrogens with zero attached hydrogens (tertiary/aromatic N) is 1. The van der Waals surface area contributed by atoms with Gasteiger partial charge >= 0.3 is 5.97 Å². The summed E-state index contributed by atoms with van der Waals surface area (Å²) >= 11 is 9.24. The van der Waals surface area contributed by atoms with Crippen LogP contribution in [0.5, 0.6) is 0 Å². The van der Waals surface area contributed by atoms with E-state index in [1.165, 1.54) is 18.6 Å². The number of carbonyl (C=O) groups is 2. The normalized spacial score (nSPS) is 11.9. The Bertz CT molecular complexity index is 661. The van der Waals surface area contributed by atoms with Crippen LogP contribution in [0.4, 0.5) is 0 Å². The third-order valence-electron chi connectivity index (χ3n) is 2.78. The molecule has 1 heterocycles. The highest BCUT2D eigenvalue weighted by molar-refractivity contribution is 9.10. The summed E-state index contributed by atoms with van der Waals surface area (Å²) in [6.45, 7) is 0. The lowest BCUT2D eigenvalue weighted by Crippen LogP contribution is -2.42. The van der Waals surface area contributed by atoms with Gasteiger partial charge in [0.2, 0.25) is 0 Å². The summed E-state index contributed by atoms with van der Waals surface area (Å²) in [5.41, 5.74) is 0.824. The molecule has 1 unspecified atom stereocenters. The van der Waals surface area contributed by atoms with Gasteiger partial charge in [0, 0.05) is 22.8 Å². The topological polar surface area (TPSA) is 95.1 Å². The number of amides is 1. The SMILES string of the molecule is O=C(NC(Cc1cnc[nH]1)C(=O)O)c1cccc(Br)c1Cl. The molecule has 0 saturated carbocycles. The number of aliphatic carboxylic acids is 1. The molecule has 110 valence electrons. The van der Waals surface area contributed by atoms with Gasteiger partial charge in [-0.2, -0.15) is 0 Å². The molecule has 2 aromatic rings. The molecule has 0 aliphatic heterocycles. The molecule has 0 aliphatic carbocycles. The number of hydrogen-bond acceptors (Lipinski definition) is 3. The lowest BCUT2D eigenvalue weighted by molar-refractivity contribution is -0.139. The predicted molar refractivity (Wildman–Crippen MR) is 80.3 cm³/mol. The van der Waals surface area contributed by atoms with Gasteiger partial charge in [0.25, 0.3) is 5.91 Å². The van der Waals surface area contributed by atoms with Crippen molar-refractivity contribution in [2.24, 2.45) is 0 Å². The Hall–Kier alpha value is -1.86. The van der Waals surface area contributed by atoms with E-state index >= 15 is 0 Å². The Kier molecular flexibility index (Phi) is 4.98. The minimum absolute atomic E-state index is 0.104. The average molecular weight is 373 g/mol. The second kappa shape index (κ2) is 6.73. The number of H-pyrrole nitrogens is 1. The van der Waals surface area contributed by atoms with E-state index in [9.17, 15) is 14.7 Å². The smallest absolute Gasteiger partial charge is 0.326 e. The van der Waals surface area contributed by atoms with Crippen LogP contribution in [0.15, 0.2) is 35.2 Å². The lowest BCUT2D eigenvalue weighted by atomic mass is 10.1. The number of halogens is 2. The number of carbonyl (C=O) groups excluding carboxylic acids is 1. The standard InChI is InChI=1S/C13H11BrClN3O3/c14-9-3-1-2-8(11(9)15)12(19)18-10(13(20)21)4-7-5-16-6-17-7/h1-3,5-6,10H,4H2,(H,16,17)(H,18,19)(H,20,21). The minimum atomic E-state index is -1.14. The quantitative estimate of drug-likeness (QED) is 0.750. The zero-order chi connectivity index (χ0) is 15.4. The number of aromatic amines is 1. The molecule has 0 bridgehead atoms. The van der Waals surface area contributed by atoms with Crippen molar-refractivity contribution in [2.45, 2.75) is 12.5 Å². The first kappa shape index (κ1) is 15.5. The van der Waals surface area contributed by atoms with Crippen LogP contribution in [0, 0.1) is 0 Å². The van der Waals surface area contributed by atoms with Crippen LogP contribution in [0.2, 0.25) is 5.02 Å². The second-order valence-corrected chi connectivity index (χ2v) is 5.48. The van der Waals surface area contributed by atoms with Crippen molar-refractivity contribution in [3.8, 4) is 0 Å². The number of hydrogen-bond donors (Lipinski definition) is 3. The summed E-state index contributed by atoms with van der Waals surface area (Å²) in [4.78, 5) is 30.0. The maximum absolute atomic E-state index is 12.2. The molecule has 1 amide bonds. The first-order valence-corrected chi connectivity index (χ1v) is 7.11. The summed E-state index contributed by atoms with van der Waals surface area (Å²) in [6.07, 6.45) is 3.06. The molecular weight excluding hydrogens is 362 g/mol. The zero-order valence-corrected chi connectivity index (χ0v) is 13.0. The third-order valence-corrected chi connectivity index (χ3v) is 4.07. The molecule has 6 nitrogen and oxygen atoms in total. The zero-order valence-electron chi connectivity index (χ0n) is 10.6. The minimum Gasteiger partial charge on any atom is -0.480 e. The Labute approximate surface area is 133 Å².